The van der Waals surface area contributed by atoms with Crippen molar-refractivity contribution in [3.05, 3.63) is 35.4 Å². The Balaban J connectivity index is 2.58. The van der Waals surface area contributed by atoms with E-state index < -0.39 is 0 Å². The van der Waals surface area contributed by atoms with Crippen molar-refractivity contribution in [1.29, 1.82) is 0 Å². The lowest BCUT2D eigenvalue weighted by atomic mass is 10.0. The topological polar surface area (TPSA) is 0 Å². The molecule has 0 heterocycles. The van der Waals surface area contributed by atoms with Gasteiger partial charge in [-0.05, 0) is 30.4 Å². The molecule has 1 rings (SSSR count). The molecule has 0 aliphatic heterocycles. The Morgan fingerprint density at radius 1 is 1.14 bits per heavy atom. The summed E-state index contributed by atoms with van der Waals surface area (Å²) < 4.78 is 0. The summed E-state index contributed by atoms with van der Waals surface area (Å²) in [5, 5.41) is 0. The summed E-state index contributed by atoms with van der Waals surface area (Å²) in [6.45, 7) is 6.33. The Hall–Kier alpha value is -1.22. The molecule has 0 spiro atoms. The first-order chi connectivity index (χ1) is 6.74. The first-order valence-corrected chi connectivity index (χ1v) is 5.22. The molecule has 0 aromatic heterocycles. The van der Waals surface area contributed by atoms with E-state index in [2.05, 4.69) is 50.0 Å². The lowest BCUT2D eigenvalue weighted by Gasteiger charge is -2.05. The van der Waals surface area contributed by atoms with Crippen LogP contribution in [-0.2, 0) is 6.42 Å². The van der Waals surface area contributed by atoms with E-state index >= 15 is 0 Å². The van der Waals surface area contributed by atoms with Crippen LogP contribution in [-0.4, -0.2) is 0 Å². The Labute approximate surface area is 87.4 Å². The maximum Gasteiger partial charge on any atom is 0.0129 e. The Morgan fingerprint density at radius 3 is 2.29 bits per heavy atom. The number of aryl methyl sites for hydroxylation is 1. The number of benzene rings is 1. The smallest absolute Gasteiger partial charge is 0.0129 e. The van der Waals surface area contributed by atoms with Gasteiger partial charge in [0.05, 0.1) is 0 Å². The summed E-state index contributed by atoms with van der Waals surface area (Å²) in [5.74, 6) is 6.63. The van der Waals surface area contributed by atoms with Crippen molar-refractivity contribution >= 4 is 0 Å². The maximum absolute atomic E-state index is 3.08. The number of hydrogen-bond donors (Lipinski definition) is 0. The van der Waals surface area contributed by atoms with Crippen LogP contribution in [0.1, 0.15) is 44.2 Å². The van der Waals surface area contributed by atoms with Gasteiger partial charge >= 0.3 is 0 Å². The Kier molecular flexibility index (Phi) is 4.26. The molecule has 74 valence electrons. The molecule has 0 aliphatic carbocycles. The van der Waals surface area contributed by atoms with Crippen LogP contribution in [0.3, 0.4) is 0 Å². The second-order valence-electron chi connectivity index (χ2n) is 3.82. The Morgan fingerprint density at radius 2 is 1.79 bits per heavy atom. The molecule has 0 heteroatoms. The first kappa shape index (κ1) is 10.9. The minimum Gasteiger partial charge on any atom is -0.107 e. The van der Waals surface area contributed by atoms with Crippen LogP contribution in [0.5, 0.6) is 0 Å². The van der Waals surface area contributed by atoms with Crippen molar-refractivity contribution in [2.45, 2.75) is 39.5 Å². The molecule has 0 atom stereocenters. The lowest BCUT2D eigenvalue weighted by molar-refractivity contribution is 0.864. The molecule has 0 nitrogen and oxygen atoms in total. The second-order valence-corrected chi connectivity index (χ2v) is 3.82. The minimum atomic E-state index is 0.625. The van der Waals surface area contributed by atoms with Crippen LogP contribution in [0.4, 0.5) is 0 Å². The summed E-state index contributed by atoms with van der Waals surface area (Å²) in [7, 11) is 0. The third-order valence-corrected chi connectivity index (χ3v) is 2.36. The molecule has 0 N–H and O–H groups in total. The van der Waals surface area contributed by atoms with Gasteiger partial charge < -0.3 is 0 Å². The van der Waals surface area contributed by atoms with Gasteiger partial charge in [0.25, 0.3) is 0 Å². The summed E-state index contributed by atoms with van der Waals surface area (Å²) in [5.41, 5.74) is 2.80. The standard InChI is InChI=1S/C14H18/c1-4-5-6-7-13-8-10-14(11-9-13)12(2)3/h8-12H,6-7H2,1-3H3. The minimum absolute atomic E-state index is 0.625. The van der Waals surface area contributed by atoms with E-state index in [4.69, 9.17) is 0 Å². The quantitative estimate of drug-likeness (QED) is 0.630. The molecule has 0 amide bonds. The van der Waals surface area contributed by atoms with Crippen LogP contribution in [0.15, 0.2) is 24.3 Å². The predicted molar refractivity (Wildman–Crippen MR) is 62.3 cm³/mol. The summed E-state index contributed by atoms with van der Waals surface area (Å²) in [4.78, 5) is 0. The van der Waals surface area contributed by atoms with Gasteiger partial charge in [-0.15, -0.1) is 11.8 Å². The zero-order valence-corrected chi connectivity index (χ0v) is 9.30. The Bertz CT molecular complexity index is 319. The van der Waals surface area contributed by atoms with Crippen molar-refractivity contribution in [3.8, 4) is 11.8 Å². The zero-order chi connectivity index (χ0) is 10.4. The van der Waals surface area contributed by atoms with E-state index in [1.54, 1.807) is 0 Å². The van der Waals surface area contributed by atoms with E-state index in [9.17, 15) is 0 Å². The van der Waals surface area contributed by atoms with E-state index in [1.165, 1.54) is 11.1 Å². The molecular weight excluding hydrogens is 168 g/mol. The molecule has 0 unspecified atom stereocenters. The monoisotopic (exact) mass is 186 g/mol. The zero-order valence-electron chi connectivity index (χ0n) is 9.30. The highest BCUT2D eigenvalue weighted by atomic mass is 14.0. The number of hydrogen-bond acceptors (Lipinski definition) is 0. The SMILES string of the molecule is CC#CCCc1ccc(C(C)C)cc1. The van der Waals surface area contributed by atoms with Gasteiger partial charge in [-0.3, -0.25) is 0 Å². The lowest BCUT2D eigenvalue weighted by Crippen LogP contribution is -1.88. The highest BCUT2D eigenvalue weighted by Gasteiger charge is 1.97. The van der Waals surface area contributed by atoms with Crippen molar-refractivity contribution in [1.82, 2.24) is 0 Å². The van der Waals surface area contributed by atoms with Crippen molar-refractivity contribution < 1.29 is 0 Å². The molecule has 0 radical (unpaired) electrons. The molecule has 0 bridgehead atoms. The largest absolute Gasteiger partial charge is 0.107 e. The molecule has 1 aromatic carbocycles. The second kappa shape index (κ2) is 5.50. The third-order valence-electron chi connectivity index (χ3n) is 2.36. The van der Waals surface area contributed by atoms with Crippen LogP contribution in [0.2, 0.25) is 0 Å². The highest BCUT2D eigenvalue weighted by molar-refractivity contribution is 5.25. The number of rotatable bonds is 3. The predicted octanol–water partition coefficient (Wildman–Crippen LogP) is 3.77. The van der Waals surface area contributed by atoms with Gasteiger partial charge in [0, 0.05) is 6.42 Å². The van der Waals surface area contributed by atoms with Gasteiger partial charge in [0.1, 0.15) is 0 Å². The van der Waals surface area contributed by atoms with Crippen LogP contribution in [0, 0.1) is 11.8 Å². The van der Waals surface area contributed by atoms with E-state index in [0.29, 0.717) is 5.92 Å². The van der Waals surface area contributed by atoms with Gasteiger partial charge in [0.15, 0.2) is 0 Å². The maximum atomic E-state index is 3.08. The molecule has 0 saturated heterocycles. The van der Waals surface area contributed by atoms with Crippen molar-refractivity contribution in [3.63, 3.8) is 0 Å². The van der Waals surface area contributed by atoms with E-state index in [-0.39, 0.29) is 0 Å². The van der Waals surface area contributed by atoms with Crippen LogP contribution >= 0.6 is 0 Å². The van der Waals surface area contributed by atoms with Crippen molar-refractivity contribution in [2.24, 2.45) is 0 Å². The van der Waals surface area contributed by atoms with Gasteiger partial charge in [-0.1, -0.05) is 38.1 Å². The van der Waals surface area contributed by atoms with Crippen LogP contribution in [0.25, 0.3) is 0 Å². The summed E-state index contributed by atoms with van der Waals surface area (Å²) in [6, 6.07) is 8.87. The molecular formula is C14H18. The van der Waals surface area contributed by atoms with Gasteiger partial charge in [0.2, 0.25) is 0 Å². The van der Waals surface area contributed by atoms with Crippen molar-refractivity contribution in [2.75, 3.05) is 0 Å². The fourth-order valence-electron chi connectivity index (χ4n) is 1.40. The molecule has 1 aromatic rings. The van der Waals surface area contributed by atoms with Gasteiger partial charge in [-0.25, -0.2) is 0 Å². The average Bonchev–Trinajstić information content (AvgIpc) is 2.19. The molecule has 0 saturated carbocycles. The normalized spacial score (nSPS) is 9.71. The highest BCUT2D eigenvalue weighted by Crippen LogP contribution is 2.15. The van der Waals surface area contributed by atoms with Gasteiger partial charge in [-0.2, -0.15) is 0 Å². The molecule has 0 fully saturated rings. The first-order valence-electron chi connectivity index (χ1n) is 5.22. The van der Waals surface area contributed by atoms with Crippen LogP contribution < -0.4 is 0 Å². The third kappa shape index (κ3) is 3.26. The van der Waals surface area contributed by atoms with E-state index in [1.807, 2.05) is 6.92 Å². The fourth-order valence-corrected chi connectivity index (χ4v) is 1.40. The molecule has 14 heavy (non-hydrogen) atoms. The summed E-state index contributed by atoms with van der Waals surface area (Å²) >= 11 is 0. The molecule has 0 aliphatic rings. The van der Waals surface area contributed by atoms with E-state index in [0.717, 1.165) is 12.8 Å². The summed E-state index contributed by atoms with van der Waals surface area (Å²) in [6.07, 6.45) is 2.04. The fraction of sp³-hybridized carbons (Fsp3) is 0.429. The average molecular weight is 186 g/mol.